The third kappa shape index (κ3) is 2.83. The van der Waals surface area contributed by atoms with E-state index in [1.54, 1.807) is 6.26 Å². The van der Waals surface area contributed by atoms with E-state index in [4.69, 9.17) is 16.0 Å². The minimum absolute atomic E-state index is 0.566. The van der Waals surface area contributed by atoms with Crippen LogP contribution in [0.3, 0.4) is 0 Å². The van der Waals surface area contributed by atoms with Gasteiger partial charge in [0.05, 0.1) is 6.26 Å². The zero-order valence-corrected chi connectivity index (χ0v) is 9.36. The van der Waals surface area contributed by atoms with Gasteiger partial charge in [0.25, 0.3) is 0 Å². The van der Waals surface area contributed by atoms with E-state index < -0.39 is 0 Å². The normalized spacial score (nSPS) is 13.2. The van der Waals surface area contributed by atoms with E-state index in [2.05, 4.69) is 22.9 Å². The Labute approximate surface area is 86.2 Å². The highest BCUT2D eigenvalue weighted by Crippen LogP contribution is 2.19. The summed E-state index contributed by atoms with van der Waals surface area (Å²) in [6.07, 6.45) is 3.90. The second-order valence-corrected chi connectivity index (χ2v) is 3.98. The fourth-order valence-corrected chi connectivity index (χ4v) is 1.81. The van der Waals surface area contributed by atoms with Crippen LogP contribution in [0.25, 0.3) is 0 Å². The van der Waals surface area contributed by atoms with E-state index in [9.17, 15) is 0 Å². The molecular formula is C9H12BrClO. The Morgan fingerprint density at radius 2 is 2.42 bits per heavy atom. The Hall–Kier alpha value is 0.0500. The van der Waals surface area contributed by atoms with Crippen LogP contribution < -0.4 is 0 Å². The summed E-state index contributed by atoms with van der Waals surface area (Å²) in [6.45, 7) is 2.15. The first-order chi connectivity index (χ1) is 5.76. The first kappa shape index (κ1) is 10.1. The zero-order chi connectivity index (χ0) is 8.97. The second kappa shape index (κ2) is 4.93. The summed E-state index contributed by atoms with van der Waals surface area (Å²) in [6, 6.07) is 2.00. The molecule has 1 heterocycles. The molecule has 1 nitrogen and oxygen atoms in total. The quantitative estimate of drug-likeness (QED) is 0.741. The molecule has 12 heavy (non-hydrogen) atoms. The lowest BCUT2D eigenvalue weighted by atomic mass is 10.0. The molecule has 0 saturated heterocycles. The van der Waals surface area contributed by atoms with Crippen LogP contribution >= 0.6 is 27.5 Å². The molecule has 0 aliphatic carbocycles. The maximum Gasteiger partial charge on any atom is 0.169 e. The average Bonchev–Trinajstić information content (AvgIpc) is 2.47. The number of hydrogen-bond donors (Lipinski definition) is 0. The van der Waals surface area contributed by atoms with Gasteiger partial charge in [0.1, 0.15) is 0 Å². The molecule has 3 heteroatoms. The van der Waals surface area contributed by atoms with Crippen LogP contribution in [-0.4, -0.2) is 5.88 Å². The molecule has 1 unspecified atom stereocenters. The van der Waals surface area contributed by atoms with Crippen LogP contribution in [0.15, 0.2) is 21.4 Å². The predicted octanol–water partition coefficient (Wildman–Crippen LogP) is 3.85. The third-order valence-corrected chi connectivity index (χ3v) is 2.79. The van der Waals surface area contributed by atoms with E-state index in [1.165, 1.54) is 5.56 Å². The molecule has 1 aromatic rings. The van der Waals surface area contributed by atoms with Crippen LogP contribution in [0, 0.1) is 5.92 Å². The SMILES string of the molecule is CCC(CCl)Cc1coc(Br)c1. The maximum atomic E-state index is 5.78. The van der Waals surface area contributed by atoms with E-state index >= 15 is 0 Å². The molecule has 0 amide bonds. The highest BCUT2D eigenvalue weighted by molar-refractivity contribution is 9.10. The molecule has 0 aliphatic heterocycles. The van der Waals surface area contributed by atoms with Gasteiger partial charge < -0.3 is 4.42 Å². The van der Waals surface area contributed by atoms with Crippen molar-refractivity contribution in [3.8, 4) is 0 Å². The van der Waals surface area contributed by atoms with E-state index in [0.717, 1.165) is 23.4 Å². The molecular weight excluding hydrogens is 239 g/mol. The fourth-order valence-electron chi connectivity index (χ4n) is 1.09. The van der Waals surface area contributed by atoms with Gasteiger partial charge in [-0.2, -0.15) is 0 Å². The van der Waals surface area contributed by atoms with E-state index in [-0.39, 0.29) is 0 Å². The lowest BCUT2D eigenvalue weighted by Crippen LogP contribution is -2.03. The summed E-state index contributed by atoms with van der Waals surface area (Å²) in [5.74, 6) is 1.29. The minimum Gasteiger partial charge on any atom is -0.457 e. The lowest BCUT2D eigenvalue weighted by Gasteiger charge is -2.07. The van der Waals surface area contributed by atoms with Crippen LogP contribution in [0.2, 0.25) is 0 Å². The molecule has 0 aromatic carbocycles. The van der Waals surface area contributed by atoms with Crippen LogP contribution in [-0.2, 0) is 6.42 Å². The molecule has 0 N–H and O–H groups in total. The number of halogens is 2. The van der Waals surface area contributed by atoms with Gasteiger partial charge >= 0.3 is 0 Å². The molecule has 0 spiro atoms. The van der Waals surface area contributed by atoms with Crippen LogP contribution in [0.1, 0.15) is 18.9 Å². The maximum absolute atomic E-state index is 5.78. The van der Waals surface area contributed by atoms with Gasteiger partial charge in [0, 0.05) is 5.88 Å². The van der Waals surface area contributed by atoms with E-state index in [1.807, 2.05) is 6.07 Å². The summed E-state index contributed by atoms with van der Waals surface area (Å²) < 4.78 is 5.92. The smallest absolute Gasteiger partial charge is 0.169 e. The van der Waals surface area contributed by atoms with Gasteiger partial charge in [0.2, 0.25) is 0 Å². The van der Waals surface area contributed by atoms with Gasteiger partial charge in [-0.15, -0.1) is 11.6 Å². The number of hydrogen-bond acceptors (Lipinski definition) is 1. The summed E-state index contributed by atoms with van der Waals surface area (Å²) >= 11 is 9.05. The Morgan fingerprint density at radius 1 is 1.67 bits per heavy atom. The zero-order valence-electron chi connectivity index (χ0n) is 7.02. The van der Waals surface area contributed by atoms with Crippen molar-refractivity contribution in [1.82, 2.24) is 0 Å². The summed E-state index contributed by atoms with van der Waals surface area (Å²) in [4.78, 5) is 0. The topological polar surface area (TPSA) is 13.1 Å². The monoisotopic (exact) mass is 250 g/mol. The number of alkyl halides is 1. The van der Waals surface area contributed by atoms with Gasteiger partial charge in [-0.3, -0.25) is 0 Å². The Balaban J connectivity index is 2.50. The minimum atomic E-state index is 0.566. The van der Waals surface area contributed by atoms with Crippen molar-refractivity contribution < 1.29 is 4.42 Å². The fraction of sp³-hybridized carbons (Fsp3) is 0.556. The second-order valence-electron chi connectivity index (χ2n) is 2.89. The Kier molecular flexibility index (Phi) is 4.16. The van der Waals surface area contributed by atoms with Crippen molar-refractivity contribution >= 4 is 27.5 Å². The summed E-state index contributed by atoms with van der Waals surface area (Å²) in [5.41, 5.74) is 1.22. The van der Waals surface area contributed by atoms with Gasteiger partial charge in [0.15, 0.2) is 4.67 Å². The van der Waals surface area contributed by atoms with Crippen molar-refractivity contribution in [3.05, 3.63) is 22.6 Å². The molecule has 0 radical (unpaired) electrons. The van der Waals surface area contributed by atoms with Gasteiger partial charge in [-0.25, -0.2) is 0 Å². The third-order valence-electron chi connectivity index (χ3n) is 1.94. The lowest BCUT2D eigenvalue weighted by molar-refractivity contribution is 0.527. The number of rotatable bonds is 4. The first-order valence-corrected chi connectivity index (χ1v) is 5.38. The number of furan rings is 1. The van der Waals surface area contributed by atoms with Gasteiger partial charge in [-0.1, -0.05) is 13.3 Å². The highest BCUT2D eigenvalue weighted by Gasteiger charge is 2.07. The Bertz CT molecular complexity index is 230. The molecule has 0 fully saturated rings. The standard InChI is InChI=1S/C9H12BrClO/c1-2-7(5-11)3-8-4-9(10)12-6-8/h4,6-7H,2-3,5H2,1H3. The van der Waals surface area contributed by atoms with Crippen molar-refractivity contribution in [3.63, 3.8) is 0 Å². The molecule has 1 aromatic heterocycles. The largest absolute Gasteiger partial charge is 0.457 e. The van der Waals surface area contributed by atoms with Crippen molar-refractivity contribution in [2.24, 2.45) is 5.92 Å². The molecule has 1 atom stereocenters. The van der Waals surface area contributed by atoms with Crippen LogP contribution in [0.5, 0.6) is 0 Å². The summed E-state index contributed by atoms with van der Waals surface area (Å²) in [7, 11) is 0. The van der Waals surface area contributed by atoms with E-state index in [0.29, 0.717) is 5.92 Å². The summed E-state index contributed by atoms with van der Waals surface area (Å²) in [5, 5.41) is 0. The van der Waals surface area contributed by atoms with Crippen LogP contribution in [0.4, 0.5) is 0 Å². The van der Waals surface area contributed by atoms with Crippen molar-refractivity contribution in [2.45, 2.75) is 19.8 Å². The molecule has 0 bridgehead atoms. The van der Waals surface area contributed by atoms with Crippen molar-refractivity contribution in [1.29, 1.82) is 0 Å². The predicted molar refractivity (Wildman–Crippen MR) is 54.6 cm³/mol. The van der Waals surface area contributed by atoms with Crippen molar-refractivity contribution in [2.75, 3.05) is 5.88 Å². The molecule has 68 valence electrons. The molecule has 0 saturated carbocycles. The molecule has 1 rings (SSSR count). The first-order valence-electron chi connectivity index (χ1n) is 4.05. The molecule has 0 aliphatic rings. The average molecular weight is 252 g/mol. The Morgan fingerprint density at radius 3 is 2.83 bits per heavy atom. The highest BCUT2D eigenvalue weighted by atomic mass is 79.9. The van der Waals surface area contributed by atoms with Gasteiger partial charge in [-0.05, 0) is 39.9 Å².